The molecule has 2 N–H and O–H groups in total. The standard InChI is InChI=1S/C15H25N3O4S2.ClH/c1-18(2)24(20,21)12-4-9-23-13(12)14(19)17-10-15(11-22-3)5-7-16-8-6-15;/h4,9,16H,5-8,10-11H2,1-3H3,(H,17,19);1H. The Bertz CT molecular complexity index is 665. The summed E-state index contributed by atoms with van der Waals surface area (Å²) in [6, 6.07) is 1.48. The summed E-state index contributed by atoms with van der Waals surface area (Å²) in [5.74, 6) is -0.348. The minimum absolute atomic E-state index is 0. The number of ether oxygens (including phenoxy) is 1. The molecule has 7 nitrogen and oxygen atoms in total. The van der Waals surface area contributed by atoms with Gasteiger partial charge in [0, 0.05) is 33.2 Å². The van der Waals surface area contributed by atoms with E-state index < -0.39 is 10.0 Å². The Hall–Kier alpha value is -0.710. The molecule has 1 fully saturated rings. The van der Waals surface area contributed by atoms with Crippen molar-refractivity contribution in [1.29, 1.82) is 0 Å². The molecule has 25 heavy (non-hydrogen) atoms. The number of sulfonamides is 1. The maximum atomic E-state index is 12.5. The minimum atomic E-state index is -3.63. The average Bonchev–Trinajstić information content (AvgIpc) is 3.04. The van der Waals surface area contributed by atoms with Gasteiger partial charge in [-0.05, 0) is 37.4 Å². The Morgan fingerprint density at radius 3 is 2.60 bits per heavy atom. The van der Waals surface area contributed by atoms with E-state index in [9.17, 15) is 13.2 Å². The molecule has 0 atom stereocenters. The lowest BCUT2D eigenvalue weighted by Crippen LogP contribution is -2.47. The van der Waals surface area contributed by atoms with E-state index in [4.69, 9.17) is 4.74 Å². The number of carbonyl (C=O) groups is 1. The quantitative estimate of drug-likeness (QED) is 0.703. The molecule has 2 heterocycles. The normalized spacial score (nSPS) is 17.1. The molecule has 1 aliphatic rings. The van der Waals surface area contributed by atoms with E-state index >= 15 is 0 Å². The SMILES string of the molecule is COCC1(CNC(=O)c2sccc2S(=O)(=O)N(C)C)CCNCC1.Cl. The van der Waals surface area contributed by atoms with Gasteiger partial charge in [0.25, 0.3) is 5.91 Å². The van der Waals surface area contributed by atoms with Crippen LogP contribution in [0.2, 0.25) is 0 Å². The zero-order chi connectivity index (χ0) is 17.8. The summed E-state index contributed by atoms with van der Waals surface area (Å²) >= 11 is 1.14. The topological polar surface area (TPSA) is 87.7 Å². The lowest BCUT2D eigenvalue weighted by atomic mass is 9.79. The summed E-state index contributed by atoms with van der Waals surface area (Å²) in [5, 5.41) is 7.84. The Labute approximate surface area is 159 Å². The second-order valence-electron chi connectivity index (χ2n) is 6.27. The van der Waals surface area contributed by atoms with E-state index in [2.05, 4.69) is 10.6 Å². The Morgan fingerprint density at radius 2 is 2.04 bits per heavy atom. The van der Waals surface area contributed by atoms with Crippen LogP contribution in [0.5, 0.6) is 0 Å². The van der Waals surface area contributed by atoms with Gasteiger partial charge in [-0.2, -0.15) is 0 Å². The van der Waals surface area contributed by atoms with E-state index in [1.807, 2.05) is 0 Å². The molecule has 1 aromatic heterocycles. The van der Waals surface area contributed by atoms with Gasteiger partial charge in [0.15, 0.2) is 0 Å². The third-order valence-corrected chi connectivity index (χ3v) is 7.23. The van der Waals surface area contributed by atoms with Crippen LogP contribution < -0.4 is 10.6 Å². The number of thiophene rings is 1. The second kappa shape index (κ2) is 9.29. The monoisotopic (exact) mass is 411 g/mol. The van der Waals surface area contributed by atoms with Crippen molar-refractivity contribution in [2.45, 2.75) is 17.7 Å². The fourth-order valence-corrected chi connectivity index (χ4v) is 5.06. The van der Waals surface area contributed by atoms with Crippen molar-refractivity contribution < 1.29 is 17.9 Å². The van der Waals surface area contributed by atoms with Crippen LogP contribution in [0.3, 0.4) is 0 Å². The zero-order valence-electron chi connectivity index (χ0n) is 14.7. The van der Waals surface area contributed by atoms with Crippen LogP contribution in [0.1, 0.15) is 22.5 Å². The van der Waals surface area contributed by atoms with Gasteiger partial charge >= 0.3 is 0 Å². The van der Waals surface area contributed by atoms with Gasteiger partial charge in [-0.25, -0.2) is 12.7 Å². The van der Waals surface area contributed by atoms with Crippen molar-refractivity contribution in [2.24, 2.45) is 5.41 Å². The molecule has 1 amide bonds. The molecule has 0 saturated carbocycles. The molecule has 0 aliphatic carbocycles. The third kappa shape index (κ3) is 5.15. The van der Waals surface area contributed by atoms with E-state index in [1.54, 1.807) is 12.5 Å². The maximum Gasteiger partial charge on any atom is 0.262 e. The number of rotatable bonds is 7. The number of carbonyl (C=O) groups excluding carboxylic acids is 1. The second-order valence-corrected chi connectivity index (χ2v) is 9.30. The van der Waals surface area contributed by atoms with Crippen LogP contribution >= 0.6 is 23.7 Å². The maximum absolute atomic E-state index is 12.5. The van der Waals surface area contributed by atoms with Gasteiger partial charge in [-0.15, -0.1) is 23.7 Å². The van der Waals surface area contributed by atoms with Crippen LogP contribution in [-0.2, 0) is 14.8 Å². The number of nitrogens with one attached hydrogen (secondary N) is 2. The lowest BCUT2D eigenvalue weighted by molar-refractivity contribution is 0.0512. The number of nitrogens with zero attached hydrogens (tertiary/aromatic N) is 1. The first-order valence-electron chi connectivity index (χ1n) is 7.80. The molecular formula is C15H26ClN3O4S2. The highest BCUT2D eigenvalue weighted by Crippen LogP contribution is 2.29. The number of methoxy groups -OCH3 is 1. The first-order chi connectivity index (χ1) is 11.3. The lowest BCUT2D eigenvalue weighted by Gasteiger charge is -2.37. The van der Waals surface area contributed by atoms with Crippen molar-refractivity contribution in [3.8, 4) is 0 Å². The summed E-state index contributed by atoms with van der Waals surface area (Å²) in [5.41, 5.74) is -0.104. The fraction of sp³-hybridized carbons (Fsp3) is 0.667. The molecule has 2 rings (SSSR count). The van der Waals surface area contributed by atoms with Crippen LogP contribution in [0.25, 0.3) is 0 Å². The highest BCUT2D eigenvalue weighted by Gasteiger charge is 2.33. The summed E-state index contributed by atoms with van der Waals surface area (Å²) < 4.78 is 31.1. The van der Waals surface area contributed by atoms with Crippen molar-refractivity contribution >= 4 is 39.7 Å². The number of amides is 1. The molecule has 1 aliphatic heterocycles. The van der Waals surface area contributed by atoms with Crippen molar-refractivity contribution in [1.82, 2.24) is 14.9 Å². The highest BCUT2D eigenvalue weighted by molar-refractivity contribution is 7.89. The molecule has 10 heteroatoms. The Morgan fingerprint density at radius 1 is 1.40 bits per heavy atom. The Kier molecular flexibility index (Phi) is 8.30. The first kappa shape index (κ1) is 22.3. The molecule has 1 saturated heterocycles. The number of hydrogen-bond donors (Lipinski definition) is 2. The van der Waals surface area contributed by atoms with Gasteiger partial charge in [-0.3, -0.25) is 4.79 Å². The Balaban J connectivity index is 0.00000312. The average molecular weight is 412 g/mol. The molecular weight excluding hydrogens is 386 g/mol. The predicted octanol–water partition coefficient (Wildman–Crippen LogP) is 1.17. The van der Waals surface area contributed by atoms with E-state index in [0.29, 0.717) is 13.2 Å². The van der Waals surface area contributed by atoms with E-state index in [1.165, 1.54) is 20.2 Å². The summed E-state index contributed by atoms with van der Waals surface area (Å²) in [7, 11) is 0.941. The number of halogens is 1. The first-order valence-corrected chi connectivity index (χ1v) is 10.1. The van der Waals surface area contributed by atoms with Crippen molar-refractivity contribution in [2.75, 3.05) is 47.4 Å². The molecule has 0 spiro atoms. The predicted molar refractivity (Wildman–Crippen MR) is 101 cm³/mol. The highest BCUT2D eigenvalue weighted by atomic mass is 35.5. The largest absolute Gasteiger partial charge is 0.384 e. The van der Waals surface area contributed by atoms with Gasteiger partial charge in [0.1, 0.15) is 9.77 Å². The van der Waals surface area contributed by atoms with Gasteiger partial charge in [-0.1, -0.05) is 0 Å². The third-order valence-electron chi connectivity index (χ3n) is 4.33. The fourth-order valence-electron chi connectivity index (χ4n) is 2.85. The van der Waals surface area contributed by atoms with Gasteiger partial charge in [0.05, 0.1) is 6.61 Å². The molecule has 0 aromatic carbocycles. The molecule has 0 bridgehead atoms. The summed E-state index contributed by atoms with van der Waals surface area (Å²) in [4.78, 5) is 12.8. The molecule has 1 aromatic rings. The minimum Gasteiger partial charge on any atom is -0.384 e. The summed E-state index contributed by atoms with van der Waals surface area (Å²) in [6.45, 7) is 2.82. The van der Waals surface area contributed by atoms with Crippen LogP contribution in [-0.4, -0.2) is 66.1 Å². The summed E-state index contributed by atoms with van der Waals surface area (Å²) in [6.07, 6.45) is 1.82. The number of piperidine rings is 1. The van der Waals surface area contributed by atoms with Gasteiger partial charge in [0.2, 0.25) is 10.0 Å². The zero-order valence-corrected chi connectivity index (χ0v) is 17.2. The van der Waals surface area contributed by atoms with Crippen LogP contribution in [0.15, 0.2) is 16.3 Å². The van der Waals surface area contributed by atoms with Crippen molar-refractivity contribution in [3.05, 3.63) is 16.3 Å². The van der Waals surface area contributed by atoms with Crippen molar-refractivity contribution in [3.63, 3.8) is 0 Å². The van der Waals surface area contributed by atoms with Crippen LogP contribution in [0.4, 0.5) is 0 Å². The molecule has 144 valence electrons. The number of hydrogen-bond acceptors (Lipinski definition) is 6. The van der Waals surface area contributed by atoms with Crippen LogP contribution in [0, 0.1) is 5.41 Å². The smallest absolute Gasteiger partial charge is 0.262 e. The molecule has 0 radical (unpaired) electrons. The molecule has 0 unspecified atom stereocenters. The van der Waals surface area contributed by atoms with E-state index in [0.717, 1.165) is 41.6 Å². The van der Waals surface area contributed by atoms with Gasteiger partial charge < -0.3 is 15.4 Å². The van der Waals surface area contributed by atoms with E-state index in [-0.39, 0.29) is 33.5 Å².